The van der Waals surface area contributed by atoms with Gasteiger partial charge in [-0.05, 0) is 37.1 Å². The topological polar surface area (TPSA) is 92.4 Å². The molecule has 0 aliphatic heterocycles. The van der Waals surface area contributed by atoms with Gasteiger partial charge in [0.1, 0.15) is 0 Å². The lowest BCUT2D eigenvalue weighted by Crippen LogP contribution is -2.41. The fraction of sp³-hybridized carbons (Fsp3) is 0.312. The van der Waals surface area contributed by atoms with Gasteiger partial charge in [0.2, 0.25) is 5.91 Å². The Morgan fingerprint density at radius 2 is 1.91 bits per heavy atom. The van der Waals surface area contributed by atoms with E-state index in [2.05, 4.69) is 10.3 Å². The second-order valence-electron chi connectivity index (χ2n) is 5.44. The summed E-state index contributed by atoms with van der Waals surface area (Å²) in [6, 6.07) is 7.18. The molecule has 1 aliphatic rings. The van der Waals surface area contributed by atoms with E-state index in [1.54, 1.807) is 25.3 Å². The number of rotatable bonds is 4. The van der Waals surface area contributed by atoms with Crippen molar-refractivity contribution in [3.63, 3.8) is 0 Å². The Balaban J connectivity index is 1.66. The average molecular weight is 300 g/mol. The van der Waals surface area contributed by atoms with Crippen LogP contribution in [0.15, 0.2) is 34.9 Å². The van der Waals surface area contributed by atoms with E-state index in [0.717, 1.165) is 5.56 Å². The predicted octanol–water partition coefficient (Wildman–Crippen LogP) is 2.70. The Kier molecular flexibility index (Phi) is 3.66. The standard InChI is InChI=1S/C16H16N2O4/c1-9-17-8-14(22-9)10-2-4-11(5-3-10)18-15(19)12-6-7-13(12)16(20)21/h2-5,8,12-13H,6-7H2,1H3,(H,18,19)(H,20,21). The van der Waals surface area contributed by atoms with E-state index in [9.17, 15) is 9.59 Å². The van der Waals surface area contributed by atoms with Gasteiger partial charge < -0.3 is 14.8 Å². The lowest BCUT2D eigenvalue weighted by molar-refractivity contribution is -0.151. The van der Waals surface area contributed by atoms with Crippen molar-refractivity contribution < 1.29 is 19.1 Å². The first-order chi connectivity index (χ1) is 10.5. The summed E-state index contributed by atoms with van der Waals surface area (Å²) in [5.74, 6) is -0.868. The van der Waals surface area contributed by atoms with E-state index in [-0.39, 0.29) is 5.91 Å². The number of aromatic nitrogens is 1. The van der Waals surface area contributed by atoms with E-state index < -0.39 is 17.8 Å². The molecule has 0 radical (unpaired) electrons. The van der Waals surface area contributed by atoms with Gasteiger partial charge in [0.25, 0.3) is 0 Å². The van der Waals surface area contributed by atoms with Gasteiger partial charge in [0.05, 0.1) is 18.0 Å². The molecule has 1 aromatic heterocycles. The predicted molar refractivity (Wildman–Crippen MR) is 79.2 cm³/mol. The van der Waals surface area contributed by atoms with Crippen LogP contribution >= 0.6 is 0 Å². The molecule has 3 rings (SSSR count). The van der Waals surface area contributed by atoms with Crippen molar-refractivity contribution in [1.82, 2.24) is 4.98 Å². The van der Waals surface area contributed by atoms with Crippen LogP contribution in [0.25, 0.3) is 11.3 Å². The highest BCUT2D eigenvalue weighted by molar-refractivity contribution is 5.96. The third kappa shape index (κ3) is 2.72. The van der Waals surface area contributed by atoms with Crippen LogP contribution in [0.5, 0.6) is 0 Å². The van der Waals surface area contributed by atoms with E-state index in [0.29, 0.717) is 30.2 Å². The molecule has 1 aliphatic carbocycles. The first-order valence-corrected chi connectivity index (χ1v) is 7.11. The van der Waals surface area contributed by atoms with Crippen LogP contribution < -0.4 is 5.32 Å². The first-order valence-electron chi connectivity index (χ1n) is 7.11. The Bertz CT molecular complexity index is 705. The summed E-state index contributed by atoms with van der Waals surface area (Å²) in [5.41, 5.74) is 1.51. The van der Waals surface area contributed by atoms with Crippen LogP contribution in [0, 0.1) is 18.8 Å². The molecule has 2 unspecified atom stereocenters. The number of nitrogens with one attached hydrogen (secondary N) is 1. The average Bonchev–Trinajstić information content (AvgIpc) is 2.84. The summed E-state index contributed by atoms with van der Waals surface area (Å²) in [4.78, 5) is 27.1. The van der Waals surface area contributed by atoms with Gasteiger partial charge in [-0.3, -0.25) is 9.59 Å². The molecular formula is C16H16N2O4. The highest BCUT2D eigenvalue weighted by atomic mass is 16.4. The zero-order chi connectivity index (χ0) is 15.7. The molecule has 2 N–H and O–H groups in total. The number of carbonyl (C=O) groups is 2. The quantitative estimate of drug-likeness (QED) is 0.905. The third-order valence-corrected chi connectivity index (χ3v) is 3.99. The minimum absolute atomic E-state index is 0.234. The van der Waals surface area contributed by atoms with Gasteiger partial charge in [-0.25, -0.2) is 4.98 Å². The van der Waals surface area contributed by atoms with Crippen LogP contribution in [-0.2, 0) is 9.59 Å². The second-order valence-corrected chi connectivity index (χ2v) is 5.44. The Hall–Kier alpha value is -2.63. The van der Waals surface area contributed by atoms with E-state index in [4.69, 9.17) is 9.52 Å². The van der Waals surface area contributed by atoms with Crippen LogP contribution in [0.2, 0.25) is 0 Å². The van der Waals surface area contributed by atoms with Gasteiger partial charge in [-0.1, -0.05) is 0 Å². The number of benzene rings is 1. The van der Waals surface area contributed by atoms with Crippen LogP contribution in [0.3, 0.4) is 0 Å². The number of carboxylic acid groups (broad SMARTS) is 1. The Morgan fingerprint density at radius 3 is 2.41 bits per heavy atom. The minimum Gasteiger partial charge on any atom is -0.481 e. The molecule has 2 aromatic rings. The summed E-state index contributed by atoms with van der Waals surface area (Å²) in [5, 5.41) is 11.8. The molecule has 1 aromatic carbocycles. The van der Waals surface area contributed by atoms with Crippen molar-refractivity contribution in [3.8, 4) is 11.3 Å². The normalized spacial score (nSPS) is 20.2. The number of carboxylic acids is 1. The SMILES string of the molecule is Cc1ncc(-c2ccc(NC(=O)C3CCC3C(=O)O)cc2)o1. The number of anilines is 1. The van der Waals surface area contributed by atoms with Crippen molar-refractivity contribution >= 4 is 17.6 Å². The lowest BCUT2D eigenvalue weighted by atomic mass is 9.73. The molecule has 6 nitrogen and oxygen atoms in total. The summed E-state index contributed by atoms with van der Waals surface area (Å²) < 4.78 is 5.43. The van der Waals surface area contributed by atoms with Crippen molar-refractivity contribution in [2.45, 2.75) is 19.8 Å². The molecule has 0 bridgehead atoms. The van der Waals surface area contributed by atoms with Gasteiger partial charge >= 0.3 is 5.97 Å². The van der Waals surface area contributed by atoms with Gasteiger partial charge in [-0.2, -0.15) is 0 Å². The molecule has 1 heterocycles. The second kappa shape index (κ2) is 5.63. The summed E-state index contributed by atoms with van der Waals surface area (Å²) in [6.45, 7) is 1.77. The zero-order valence-electron chi connectivity index (χ0n) is 12.1. The molecule has 6 heteroatoms. The number of carbonyl (C=O) groups excluding carboxylic acids is 1. The minimum atomic E-state index is -0.901. The van der Waals surface area contributed by atoms with Crippen LogP contribution in [0.1, 0.15) is 18.7 Å². The number of hydrogen-bond donors (Lipinski definition) is 2. The number of aryl methyl sites for hydroxylation is 1. The highest BCUT2D eigenvalue weighted by Crippen LogP contribution is 2.35. The van der Waals surface area contributed by atoms with Gasteiger partial charge in [0, 0.05) is 18.2 Å². The van der Waals surface area contributed by atoms with Crippen molar-refractivity contribution in [3.05, 3.63) is 36.4 Å². The zero-order valence-corrected chi connectivity index (χ0v) is 12.1. The number of aliphatic carboxylic acids is 1. The molecule has 1 fully saturated rings. The van der Waals surface area contributed by atoms with Crippen molar-refractivity contribution in [2.75, 3.05) is 5.32 Å². The van der Waals surface area contributed by atoms with Crippen molar-refractivity contribution in [2.24, 2.45) is 11.8 Å². The molecule has 22 heavy (non-hydrogen) atoms. The maximum atomic E-state index is 12.1. The summed E-state index contributed by atoms with van der Waals surface area (Å²) >= 11 is 0. The van der Waals surface area contributed by atoms with Crippen LogP contribution in [-0.4, -0.2) is 22.0 Å². The molecule has 114 valence electrons. The lowest BCUT2D eigenvalue weighted by Gasteiger charge is -2.31. The largest absolute Gasteiger partial charge is 0.481 e. The molecule has 1 amide bonds. The van der Waals surface area contributed by atoms with E-state index in [1.807, 2.05) is 12.1 Å². The fourth-order valence-corrected chi connectivity index (χ4v) is 2.56. The monoisotopic (exact) mass is 300 g/mol. The number of nitrogens with zero attached hydrogens (tertiary/aromatic N) is 1. The maximum Gasteiger partial charge on any atom is 0.307 e. The molecular weight excluding hydrogens is 284 g/mol. The van der Waals surface area contributed by atoms with Gasteiger partial charge in [-0.15, -0.1) is 0 Å². The fourth-order valence-electron chi connectivity index (χ4n) is 2.56. The summed E-state index contributed by atoms with van der Waals surface area (Å²) in [7, 11) is 0. The molecule has 0 saturated heterocycles. The highest BCUT2D eigenvalue weighted by Gasteiger charge is 2.41. The molecule has 0 spiro atoms. The molecule has 1 saturated carbocycles. The van der Waals surface area contributed by atoms with E-state index in [1.165, 1.54) is 0 Å². The summed E-state index contributed by atoms with van der Waals surface area (Å²) in [6.07, 6.45) is 2.84. The van der Waals surface area contributed by atoms with Crippen molar-refractivity contribution in [1.29, 1.82) is 0 Å². The van der Waals surface area contributed by atoms with E-state index >= 15 is 0 Å². The smallest absolute Gasteiger partial charge is 0.307 e. The first kappa shape index (κ1) is 14.3. The number of hydrogen-bond acceptors (Lipinski definition) is 4. The molecule has 2 atom stereocenters. The number of amides is 1. The number of oxazole rings is 1. The third-order valence-electron chi connectivity index (χ3n) is 3.99. The van der Waals surface area contributed by atoms with Crippen LogP contribution in [0.4, 0.5) is 5.69 Å². The Labute approximate surface area is 127 Å². The Morgan fingerprint density at radius 1 is 1.23 bits per heavy atom. The maximum absolute atomic E-state index is 12.1. The van der Waals surface area contributed by atoms with Gasteiger partial charge in [0.15, 0.2) is 11.7 Å².